The number of nitrogens with zero attached hydrogens (tertiary/aromatic N) is 2. The summed E-state index contributed by atoms with van der Waals surface area (Å²) in [5.41, 5.74) is 2.48. The lowest BCUT2D eigenvalue weighted by Crippen LogP contribution is -2.13. The van der Waals surface area contributed by atoms with E-state index >= 15 is 0 Å². The van der Waals surface area contributed by atoms with Crippen LogP contribution >= 0.6 is 0 Å². The summed E-state index contributed by atoms with van der Waals surface area (Å²) < 4.78 is 10.6. The Morgan fingerprint density at radius 1 is 1.07 bits per heavy atom. The van der Waals surface area contributed by atoms with Crippen LogP contribution in [0.3, 0.4) is 0 Å². The average molecular weight is 388 g/mol. The molecular weight excluding hydrogens is 368 g/mol. The van der Waals surface area contributed by atoms with Crippen LogP contribution in [0.4, 0.5) is 11.5 Å². The third-order valence-electron chi connectivity index (χ3n) is 4.19. The number of pyridine rings is 1. The van der Waals surface area contributed by atoms with Gasteiger partial charge in [-0.15, -0.1) is 0 Å². The zero-order valence-electron chi connectivity index (χ0n) is 16.1. The minimum atomic E-state index is -0.281. The Labute approximate surface area is 168 Å². The number of nitriles is 1. The van der Waals surface area contributed by atoms with E-state index in [1.165, 1.54) is 0 Å². The molecule has 0 saturated heterocycles. The number of amides is 1. The van der Waals surface area contributed by atoms with Crippen LogP contribution in [-0.2, 0) is 6.54 Å². The second kappa shape index (κ2) is 9.24. The Morgan fingerprint density at radius 3 is 2.66 bits per heavy atom. The van der Waals surface area contributed by atoms with E-state index in [4.69, 9.17) is 14.7 Å². The molecule has 1 amide bonds. The number of methoxy groups -OCH3 is 2. The predicted molar refractivity (Wildman–Crippen MR) is 110 cm³/mol. The summed E-state index contributed by atoms with van der Waals surface area (Å²) in [6, 6.07) is 17.7. The minimum absolute atomic E-state index is 0.281. The predicted octanol–water partition coefficient (Wildman–Crippen LogP) is 3.83. The van der Waals surface area contributed by atoms with Gasteiger partial charge in [-0.2, -0.15) is 5.26 Å². The molecule has 0 aliphatic rings. The van der Waals surface area contributed by atoms with Crippen molar-refractivity contribution in [2.24, 2.45) is 0 Å². The molecule has 29 heavy (non-hydrogen) atoms. The molecule has 3 aromatic rings. The van der Waals surface area contributed by atoms with Gasteiger partial charge < -0.3 is 20.1 Å². The van der Waals surface area contributed by atoms with Gasteiger partial charge in [-0.05, 0) is 48.0 Å². The van der Waals surface area contributed by atoms with Crippen molar-refractivity contribution in [2.45, 2.75) is 6.54 Å². The highest BCUT2D eigenvalue weighted by molar-refractivity contribution is 6.04. The first-order chi connectivity index (χ1) is 14.1. The molecule has 1 aromatic heterocycles. The van der Waals surface area contributed by atoms with Crippen LogP contribution in [0.25, 0.3) is 0 Å². The van der Waals surface area contributed by atoms with Crippen molar-refractivity contribution >= 4 is 17.4 Å². The SMILES string of the molecule is COc1ccc(CNc2cc(C(=O)Nc3cccc(C#N)c3)ccn2)cc1OC. The number of carbonyl (C=O) groups is 1. The van der Waals surface area contributed by atoms with Gasteiger partial charge in [0, 0.05) is 24.0 Å². The molecule has 0 atom stereocenters. The van der Waals surface area contributed by atoms with Crippen molar-refractivity contribution in [1.82, 2.24) is 4.98 Å². The zero-order chi connectivity index (χ0) is 20.6. The third-order valence-corrected chi connectivity index (χ3v) is 4.19. The van der Waals surface area contributed by atoms with E-state index in [1.807, 2.05) is 24.3 Å². The maximum Gasteiger partial charge on any atom is 0.255 e. The molecule has 146 valence electrons. The quantitative estimate of drug-likeness (QED) is 0.638. The Kier molecular flexibility index (Phi) is 6.28. The van der Waals surface area contributed by atoms with Gasteiger partial charge in [-0.3, -0.25) is 4.79 Å². The molecule has 2 aromatic carbocycles. The minimum Gasteiger partial charge on any atom is -0.493 e. The molecule has 0 unspecified atom stereocenters. The van der Waals surface area contributed by atoms with Crippen LogP contribution in [0.1, 0.15) is 21.5 Å². The first-order valence-corrected chi connectivity index (χ1v) is 8.85. The van der Waals surface area contributed by atoms with Gasteiger partial charge in [0.1, 0.15) is 5.82 Å². The maximum absolute atomic E-state index is 12.5. The summed E-state index contributed by atoms with van der Waals surface area (Å²) in [6.45, 7) is 0.503. The lowest BCUT2D eigenvalue weighted by atomic mass is 10.2. The van der Waals surface area contributed by atoms with E-state index in [2.05, 4.69) is 15.6 Å². The van der Waals surface area contributed by atoms with E-state index in [9.17, 15) is 4.79 Å². The van der Waals surface area contributed by atoms with E-state index in [0.717, 1.165) is 5.56 Å². The standard InChI is InChI=1S/C22H20N4O3/c1-28-19-7-6-16(11-20(19)29-2)14-25-21-12-17(8-9-24-21)22(27)26-18-5-3-4-15(10-18)13-23/h3-12H,14H2,1-2H3,(H,24,25)(H,26,27). The number of carbonyl (C=O) groups excluding carboxylic acids is 1. The highest BCUT2D eigenvalue weighted by Crippen LogP contribution is 2.27. The van der Waals surface area contributed by atoms with Crippen LogP contribution in [0.15, 0.2) is 60.8 Å². The van der Waals surface area contributed by atoms with Crippen molar-refractivity contribution in [2.75, 3.05) is 24.9 Å². The van der Waals surface area contributed by atoms with Crippen molar-refractivity contribution in [3.63, 3.8) is 0 Å². The average Bonchev–Trinajstić information content (AvgIpc) is 2.77. The second-order valence-corrected chi connectivity index (χ2v) is 6.12. The molecule has 2 N–H and O–H groups in total. The van der Waals surface area contributed by atoms with Gasteiger partial charge in [-0.25, -0.2) is 4.98 Å². The fourth-order valence-electron chi connectivity index (χ4n) is 2.72. The van der Waals surface area contributed by atoms with Gasteiger partial charge in [0.05, 0.1) is 25.9 Å². The van der Waals surface area contributed by atoms with Gasteiger partial charge >= 0.3 is 0 Å². The number of hydrogen-bond donors (Lipinski definition) is 2. The van der Waals surface area contributed by atoms with Crippen molar-refractivity contribution in [3.05, 3.63) is 77.5 Å². The van der Waals surface area contributed by atoms with Gasteiger partial charge in [0.25, 0.3) is 5.91 Å². The summed E-state index contributed by atoms with van der Waals surface area (Å²) in [5.74, 6) is 1.59. The zero-order valence-corrected chi connectivity index (χ0v) is 16.1. The lowest BCUT2D eigenvalue weighted by Gasteiger charge is -2.11. The molecular formula is C22H20N4O3. The molecule has 0 fully saturated rings. The first kappa shape index (κ1) is 19.7. The monoisotopic (exact) mass is 388 g/mol. The molecule has 0 aliphatic heterocycles. The Morgan fingerprint density at radius 2 is 1.90 bits per heavy atom. The molecule has 7 nitrogen and oxygen atoms in total. The molecule has 0 radical (unpaired) electrons. The van der Waals surface area contributed by atoms with E-state index in [-0.39, 0.29) is 5.91 Å². The van der Waals surface area contributed by atoms with Crippen LogP contribution in [0.5, 0.6) is 11.5 Å². The van der Waals surface area contributed by atoms with Crippen LogP contribution in [0, 0.1) is 11.3 Å². The Bertz CT molecular complexity index is 1060. The number of rotatable bonds is 7. The van der Waals surface area contributed by atoms with Crippen LogP contribution in [-0.4, -0.2) is 25.1 Å². The van der Waals surface area contributed by atoms with E-state index in [1.54, 1.807) is 56.8 Å². The summed E-state index contributed by atoms with van der Waals surface area (Å²) in [6.07, 6.45) is 1.57. The molecule has 3 rings (SSSR count). The second-order valence-electron chi connectivity index (χ2n) is 6.12. The number of anilines is 2. The summed E-state index contributed by atoms with van der Waals surface area (Å²) in [4.78, 5) is 16.8. The molecule has 0 spiro atoms. The number of ether oxygens (including phenoxy) is 2. The highest BCUT2D eigenvalue weighted by Gasteiger charge is 2.09. The number of aromatic nitrogens is 1. The molecule has 7 heteroatoms. The summed E-state index contributed by atoms with van der Waals surface area (Å²) in [5, 5.41) is 15.0. The van der Waals surface area contributed by atoms with Crippen LogP contribution in [0.2, 0.25) is 0 Å². The van der Waals surface area contributed by atoms with E-state index < -0.39 is 0 Å². The first-order valence-electron chi connectivity index (χ1n) is 8.85. The normalized spacial score (nSPS) is 9.97. The van der Waals surface area contributed by atoms with Crippen molar-refractivity contribution in [3.8, 4) is 17.6 Å². The Balaban J connectivity index is 1.67. The highest BCUT2D eigenvalue weighted by atomic mass is 16.5. The number of hydrogen-bond acceptors (Lipinski definition) is 6. The van der Waals surface area contributed by atoms with Crippen LogP contribution < -0.4 is 20.1 Å². The van der Waals surface area contributed by atoms with Crippen molar-refractivity contribution < 1.29 is 14.3 Å². The summed E-state index contributed by atoms with van der Waals surface area (Å²) >= 11 is 0. The topological polar surface area (TPSA) is 96.3 Å². The number of nitrogens with one attached hydrogen (secondary N) is 2. The fourth-order valence-corrected chi connectivity index (χ4v) is 2.72. The Hall–Kier alpha value is -4.05. The third kappa shape index (κ3) is 5.02. The maximum atomic E-state index is 12.5. The molecule has 1 heterocycles. The molecule has 0 bridgehead atoms. The molecule has 0 saturated carbocycles. The fraction of sp³-hybridized carbons (Fsp3) is 0.136. The van der Waals surface area contributed by atoms with E-state index in [0.29, 0.717) is 40.7 Å². The van der Waals surface area contributed by atoms with Gasteiger partial charge in [-0.1, -0.05) is 12.1 Å². The van der Waals surface area contributed by atoms with Crippen molar-refractivity contribution in [1.29, 1.82) is 5.26 Å². The lowest BCUT2D eigenvalue weighted by molar-refractivity contribution is 0.102. The molecule has 0 aliphatic carbocycles. The van der Waals surface area contributed by atoms with Gasteiger partial charge in [0.15, 0.2) is 11.5 Å². The number of benzene rings is 2. The summed E-state index contributed by atoms with van der Waals surface area (Å²) in [7, 11) is 3.18. The smallest absolute Gasteiger partial charge is 0.255 e. The van der Waals surface area contributed by atoms with Gasteiger partial charge in [0.2, 0.25) is 0 Å². The largest absolute Gasteiger partial charge is 0.493 e.